The highest BCUT2D eigenvalue weighted by atomic mass is 35.5. The molecule has 0 radical (unpaired) electrons. The van der Waals surface area contributed by atoms with Crippen LogP contribution in [-0.4, -0.2) is 29.8 Å². The van der Waals surface area contributed by atoms with Crippen molar-refractivity contribution in [2.45, 2.75) is 39.0 Å². The minimum Gasteiger partial charge on any atom is -0.342 e. The fraction of sp³-hybridized carbons (Fsp3) is 0.909. The summed E-state index contributed by atoms with van der Waals surface area (Å²) < 4.78 is 0. The lowest BCUT2D eigenvalue weighted by Crippen LogP contribution is -2.38. The number of hydrogen-bond acceptors (Lipinski definition) is 1. The highest BCUT2D eigenvalue weighted by Crippen LogP contribution is 2.25. The largest absolute Gasteiger partial charge is 0.342 e. The number of halogens is 1. The van der Waals surface area contributed by atoms with E-state index in [9.17, 15) is 4.79 Å². The maximum atomic E-state index is 12.0. The van der Waals surface area contributed by atoms with Crippen LogP contribution in [0.3, 0.4) is 0 Å². The number of rotatable bonds is 4. The number of hydrogen-bond donors (Lipinski definition) is 0. The Balaban J connectivity index is 2.43. The Morgan fingerprint density at radius 2 is 2.00 bits per heavy atom. The Morgan fingerprint density at radius 1 is 1.36 bits per heavy atom. The summed E-state index contributed by atoms with van der Waals surface area (Å²) in [7, 11) is 0. The molecule has 14 heavy (non-hydrogen) atoms. The first kappa shape index (κ1) is 11.8. The van der Waals surface area contributed by atoms with Crippen molar-refractivity contribution in [1.29, 1.82) is 0 Å². The number of carbonyl (C=O) groups excluding carboxylic acids is 1. The molecule has 0 bridgehead atoms. The second-order valence-corrected chi connectivity index (χ2v) is 4.32. The van der Waals surface area contributed by atoms with Gasteiger partial charge in [-0.25, -0.2) is 0 Å². The zero-order chi connectivity index (χ0) is 10.4. The molecular weight excluding hydrogens is 198 g/mol. The molecule has 1 aliphatic carbocycles. The Kier molecular flexibility index (Phi) is 5.31. The van der Waals surface area contributed by atoms with Gasteiger partial charge in [0.15, 0.2) is 0 Å². The van der Waals surface area contributed by atoms with Crippen LogP contribution in [0.5, 0.6) is 0 Å². The summed E-state index contributed by atoms with van der Waals surface area (Å²) in [4.78, 5) is 13.9. The Hall–Kier alpha value is -0.240. The molecule has 0 aromatic rings. The van der Waals surface area contributed by atoms with E-state index in [0.717, 1.165) is 19.4 Å². The van der Waals surface area contributed by atoms with Crippen molar-refractivity contribution >= 4 is 17.5 Å². The number of alkyl halides is 1. The van der Waals surface area contributed by atoms with Crippen LogP contribution in [0.25, 0.3) is 0 Å². The zero-order valence-electron chi connectivity index (χ0n) is 8.97. The van der Waals surface area contributed by atoms with E-state index in [-0.39, 0.29) is 5.92 Å². The van der Waals surface area contributed by atoms with E-state index in [1.54, 1.807) is 0 Å². The van der Waals surface area contributed by atoms with Crippen LogP contribution in [0.2, 0.25) is 0 Å². The van der Waals surface area contributed by atoms with Crippen molar-refractivity contribution in [2.24, 2.45) is 5.92 Å². The van der Waals surface area contributed by atoms with Gasteiger partial charge in [0.05, 0.1) is 0 Å². The summed E-state index contributed by atoms with van der Waals surface area (Å²) in [6, 6.07) is 0. The van der Waals surface area contributed by atoms with E-state index in [1.165, 1.54) is 19.3 Å². The molecule has 0 N–H and O–H groups in total. The second-order valence-electron chi connectivity index (χ2n) is 3.94. The molecule has 0 aliphatic heterocycles. The lowest BCUT2D eigenvalue weighted by molar-refractivity contribution is -0.136. The summed E-state index contributed by atoms with van der Waals surface area (Å²) in [6.45, 7) is 3.52. The SMILES string of the molecule is CCN(CCCl)C(=O)C1CCCCC1. The quantitative estimate of drug-likeness (QED) is 0.663. The molecule has 0 unspecified atom stereocenters. The van der Waals surface area contributed by atoms with Gasteiger partial charge < -0.3 is 4.90 Å². The van der Waals surface area contributed by atoms with Crippen LogP contribution in [0, 0.1) is 5.92 Å². The summed E-state index contributed by atoms with van der Waals surface area (Å²) in [5.74, 6) is 1.16. The van der Waals surface area contributed by atoms with E-state index < -0.39 is 0 Å². The maximum Gasteiger partial charge on any atom is 0.225 e. The van der Waals surface area contributed by atoms with Crippen LogP contribution < -0.4 is 0 Å². The van der Waals surface area contributed by atoms with Gasteiger partial charge in [-0.3, -0.25) is 4.79 Å². The first-order valence-electron chi connectivity index (χ1n) is 5.64. The standard InChI is InChI=1S/C11H20ClNO/c1-2-13(9-8-12)11(14)10-6-4-3-5-7-10/h10H,2-9H2,1H3. The lowest BCUT2D eigenvalue weighted by atomic mass is 9.88. The van der Waals surface area contributed by atoms with Crippen molar-refractivity contribution in [3.8, 4) is 0 Å². The van der Waals surface area contributed by atoms with Gasteiger partial charge in [0.25, 0.3) is 0 Å². The normalized spacial score (nSPS) is 18.1. The van der Waals surface area contributed by atoms with E-state index >= 15 is 0 Å². The molecule has 0 heterocycles. The van der Waals surface area contributed by atoms with Crippen LogP contribution in [0.1, 0.15) is 39.0 Å². The molecule has 0 spiro atoms. The Bertz CT molecular complexity index is 171. The molecule has 3 heteroatoms. The predicted molar refractivity (Wildman–Crippen MR) is 59.5 cm³/mol. The van der Waals surface area contributed by atoms with Gasteiger partial charge >= 0.3 is 0 Å². The predicted octanol–water partition coefficient (Wildman–Crippen LogP) is 2.65. The molecule has 0 saturated heterocycles. The van der Waals surface area contributed by atoms with Crippen LogP contribution >= 0.6 is 11.6 Å². The summed E-state index contributed by atoms with van der Waals surface area (Å²) >= 11 is 5.66. The first-order chi connectivity index (χ1) is 6.79. The third-order valence-corrected chi connectivity index (χ3v) is 3.17. The topological polar surface area (TPSA) is 20.3 Å². The molecule has 1 saturated carbocycles. The monoisotopic (exact) mass is 217 g/mol. The molecule has 0 aromatic carbocycles. The van der Waals surface area contributed by atoms with Crippen LogP contribution in [-0.2, 0) is 4.79 Å². The molecular formula is C11H20ClNO. The van der Waals surface area contributed by atoms with Gasteiger partial charge in [-0.1, -0.05) is 19.3 Å². The molecule has 0 atom stereocenters. The lowest BCUT2D eigenvalue weighted by Gasteiger charge is -2.27. The third kappa shape index (κ3) is 3.16. The summed E-state index contributed by atoms with van der Waals surface area (Å²) in [6.07, 6.45) is 5.89. The second kappa shape index (κ2) is 6.28. The van der Waals surface area contributed by atoms with Gasteiger partial charge in [-0.2, -0.15) is 0 Å². The van der Waals surface area contributed by atoms with Crippen molar-refractivity contribution in [3.05, 3.63) is 0 Å². The summed E-state index contributed by atoms with van der Waals surface area (Å²) in [5, 5.41) is 0. The average molecular weight is 218 g/mol. The highest BCUT2D eigenvalue weighted by molar-refractivity contribution is 6.18. The first-order valence-corrected chi connectivity index (χ1v) is 6.17. The molecule has 2 nitrogen and oxygen atoms in total. The average Bonchev–Trinajstić information content (AvgIpc) is 2.26. The minimum atomic E-state index is 0.284. The van der Waals surface area contributed by atoms with Gasteiger partial charge in [0.1, 0.15) is 0 Å². The molecule has 82 valence electrons. The van der Waals surface area contributed by atoms with Gasteiger partial charge in [0, 0.05) is 24.9 Å². The van der Waals surface area contributed by atoms with Gasteiger partial charge in [0.2, 0.25) is 5.91 Å². The highest BCUT2D eigenvalue weighted by Gasteiger charge is 2.24. The Labute approximate surface area is 91.6 Å². The van der Waals surface area contributed by atoms with E-state index in [1.807, 2.05) is 11.8 Å². The van der Waals surface area contributed by atoms with Gasteiger partial charge in [-0.05, 0) is 19.8 Å². The maximum absolute atomic E-state index is 12.0. The molecule has 1 aliphatic rings. The van der Waals surface area contributed by atoms with E-state index in [4.69, 9.17) is 11.6 Å². The van der Waals surface area contributed by atoms with Crippen molar-refractivity contribution in [2.75, 3.05) is 19.0 Å². The molecule has 1 fully saturated rings. The number of amides is 1. The zero-order valence-corrected chi connectivity index (χ0v) is 9.72. The van der Waals surface area contributed by atoms with Crippen molar-refractivity contribution in [1.82, 2.24) is 4.90 Å². The van der Waals surface area contributed by atoms with Crippen LogP contribution in [0.4, 0.5) is 0 Å². The van der Waals surface area contributed by atoms with Gasteiger partial charge in [-0.15, -0.1) is 11.6 Å². The van der Waals surface area contributed by atoms with Crippen molar-refractivity contribution < 1.29 is 4.79 Å². The molecule has 0 aromatic heterocycles. The molecule has 1 amide bonds. The van der Waals surface area contributed by atoms with Crippen molar-refractivity contribution in [3.63, 3.8) is 0 Å². The van der Waals surface area contributed by atoms with Crippen LogP contribution in [0.15, 0.2) is 0 Å². The fourth-order valence-electron chi connectivity index (χ4n) is 2.13. The summed E-state index contributed by atoms with van der Waals surface area (Å²) in [5.41, 5.74) is 0. The fourth-order valence-corrected chi connectivity index (χ4v) is 2.34. The molecule has 1 rings (SSSR count). The number of nitrogens with zero attached hydrogens (tertiary/aromatic N) is 1. The third-order valence-electron chi connectivity index (χ3n) is 3.00. The minimum absolute atomic E-state index is 0.284. The smallest absolute Gasteiger partial charge is 0.225 e. The van der Waals surface area contributed by atoms with E-state index in [2.05, 4.69) is 0 Å². The Morgan fingerprint density at radius 3 is 2.50 bits per heavy atom. The van der Waals surface area contributed by atoms with E-state index in [0.29, 0.717) is 18.3 Å². The number of carbonyl (C=O) groups is 1.